The molecular formula is C20H18N6O. The number of benzene rings is 1. The summed E-state index contributed by atoms with van der Waals surface area (Å²) >= 11 is 0. The van der Waals surface area contributed by atoms with Crippen molar-refractivity contribution in [1.82, 2.24) is 19.6 Å². The quantitative estimate of drug-likeness (QED) is 0.571. The molecule has 3 heterocycles. The molecule has 0 saturated carbocycles. The second kappa shape index (κ2) is 7.25. The van der Waals surface area contributed by atoms with E-state index in [4.69, 9.17) is 4.98 Å². The highest BCUT2D eigenvalue weighted by Gasteiger charge is 2.10. The number of hydrogen-bond donors (Lipinski definition) is 2. The summed E-state index contributed by atoms with van der Waals surface area (Å²) in [6.45, 7) is 2.15. The first-order valence-corrected chi connectivity index (χ1v) is 8.54. The molecule has 1 amide bonds. The number of rotatable bonds is 5. The number of anilines is 2. The van der Waals surface area contributed by atoms with Crippen LogP contribution in [0.4, 0.5) is 11.5 Å². The molecule has 0 saturated heterocycles. The first-order valence-electron chi connectivity index (χ1n) is 8.54. The standard InChI is InChI=1S/C20H18N6O/c1-14(27)24-17-4-2-3-16(11-17)18-13-23-26-10-7-19(25-20(18)26)22-12-15-5-8-21-9-6-15/h2-11,13H,12H2,1H3,(H,22,25)(H,24,27). The van der Waals surface area contributed by atoms with E-state index < -0.39 is 0 Å². The molecule has 0 radical (unpaired) electrons. The van der Waals surface area contributed by atoms with Gasteiger partial charge in [0, 0.05) is 43.3 Å². The highest BCUT2D eigenvalue weighted by Crippen LogP contribution is 2.26. The third-order valence-corrected chi connectivity index (χ3v) is 4.09. The lowest BCUT2D eigenvalue weighted by Gasteiger charge is -2.07. The van der Waals surface area contributed by atoms with Gasteiger partial charge in [-0.25, -0.2) is 9.50 Å². The molecule has 0 bridgehead atoms. The van der Waals surface area contributed by atoms with Gasteiger partial charge in [-0.05, 0) is 41.5 Å². The van der Waals surface area contributed by atoms with Crippen molar-refractivity contribution < 1.29 is 4.79 Å². The molecule has 0 aliphatic heterocycles. The Morgan fingerprint density at radius 2 is 2.00 bits per heavy atom. The monoisotopic (exact) mass is 358 g/mol. The summed E-state index contributed by atoms with van der Waals surface area (Å²) in [7, 11) is 0. The van der Waals surface area contributed by atoms with E-state index in [9.17, 15) is 4.79 Å². The maximum atomic E-state index is 11.3. The van der Waals surface area contributed by atoms with Crippen molar-refractivity contribution >= 4 is 23.1 Å². The number of nitrogens with zero attached hydrogens (tertiary/aromatic N) is 4. The van der Waals surface area contributed by atoms with Crippen molar-refractivity contribution in [2.24, 2.45) is 0 Å². The fraction of sp³-hybridized carbons (Fsp3) is 0.100. The largest absolute Gasteiger partial charge is 0.366 e. The number of aromatic nitrogens is 4. The van der Waals surface area contributed by atoms with E-state index in [1.54, 1.807) is 23.1 Å². The highest BCUT2D eigenvalue weighted by molar-refractivity contribution is 5.90. The van der Waals surface area contributed by atoms with Crippen LogP contribution in [0.2, 0.25) is 0 Å². The topological polar surface area (TPSA) is 84.2 Å². The third kappa shape index (κ3) is 3.77. The van der Waals surface area contributed by atoms with Gasteiger partial charge in [-0.3, -0.25) is 9.78 Å². The van der Waals surface area contributed by atoms with Crippen LogP contribution in [-0.4, -0.2) is 25.5 Å². The molecule has 0 aliphatic rings. The van der Waals surface area contributed by atoms with Gasteiger partial charge < -0.3 is 10.6 Å². The molecule has 1 aromatic carbocycles. The van der Waals surface area contributed by atoms with Crippen molar-refractivity contribution in [1.29, 1.82) is 0 Å². The van der Waals surface area contributed by atoms with Gasteiger partial charge >= 0.3 is 0 Å². The highest BCUT2D eigenvalue weighted by atomic mass is 16.1. The number of fused-ring (bicyclic) bond motifs is 1. The van der Waals surface area contributed by atoms with E-state index in [1.165, 1.54) is 6.92 Å². The van der Waals surface area contributed by atoms with Crippen LogP contribution < -0.4 is 10.6 Å². The zero-order valence-corrected chi connectivity index (χ0v) is 14.8. The van der Waals surface area contributed by atoms with Crippen molar-refractivity contribution in [2.45, 2.75) is 13.5 Å². The average molecular weight is 358 g/mol. The molecule has 27 heavy (non-hydrogen) atoms. The summed E-state index contributed by atoms with van der Waals surface area (Å²) in [5.41, 5.74) is 4.45. The van der Waals surface area contributed by atoms with Crippen LogP contribution in [0.25, 0.3) is 16.8 Å². The molecule has 3 aromatic heterocycles. The van der Waals surface area contributed by atoms with Gasteiger partial charge in [0.2, 0.25) is 5.91 Å². The van der Waals surface area contributed by atoms with E-state index in [0.717, 1.165) is 33.8 Å². The number of hydrogen-bond acceptors (Lipinski definition) is 5. The van der Waals surface area contributed by atoms with Crippen LogP contribution in [0, 0.1) is 0 Å². The fourth-order valence-electron chi connectivity index (χ4n) is 2.83. The average Bonchev–Trinajstić information content (AvgIpc) is 3.10. The normalized spacial score (nSPS) is 10.7. The lowest BCUT2D eigenvalue weighted by Crippen LogP contribution is -2.05. The van der Waals surface area contributed by atoms with E-state index >= 15 is 0 Å². The molecule has 0 fully saturated rings. The lowest BCUT2D eigenvalue weighted by atomic mass is 10.1. The summed E-state index contributed by atoms with van der Waals surface area (Å²) < 4.78 is 1.73. The molecule has 7 nitrogen and oxygen atoms in total. The Labute approximate surface area is 156 Å². The number of amides is 1. The lowest BCUT2D eigenvalue weighted by molar-refractivity contribution is -0.114. The molecular weight excluding hydrogens is 340 g/mol. The van der Waals surface area contributed by atoms with Gasteiger partial charge in [0.05, 0.1) is 6.20 Å². The van der Waals surface area contributed by atoms with Crippen LogP contribution in [0.5, 0.6) is 0 Å². The maximum Gasteiger partial charge on any atom is 0.221 e. The Bertz CT molecular complexity index is 1090. The summed E-state index contributed by atoms with van der Waals surface area (Å²) in [6, 6.07) is 13.4. The predicted molar refractivity (Wildman–Crippen MR) is 104 cm³/mol. The zero-order chi connectivity index (χ0) is 18.6. The number of carbonyl (C=O) groups excluding carboxylic acids is 1. The van der Waals surface area contributed by atoms with Crippen LogP contribution in [-0.2, 0) is 11.3 Å². The predicted octanol–water partition coefficient (Wildman–Crippen LogP) is 3.36. The van der Waals surface area contributed by atoms with Crippen LogP contribution in [0.15, 0.2) is 67.3 Å². The van der Waals surface area contributed by atoms with Gasteiger partial charge in [0.15, 0.2) is 5.65 Å². The first kappa shape index (κ1) is 16.7. The van der Waals surface area contributed by atoms with Crippen molar-refractivity contribution in [3.63, 3.8) is 0 Å². The smallest absolute Gasteiger partial charge is 0.221 e. The van der Waals surface area contributed by atoms with Gasteiger partial charge in [-0.15, -0.1) is 0 Å². The molecule has 7 heteroatoms. The van der Waals surface area contributed by atoms with E-state index in [2.05, 4.69) is 20.7 Å². The third-order valence-electron chi connectivity index (χ3n) is 4.09. The minimum absolute atomic E-state index is 0.104. The van der Waals surface area contributed by atoms with Crippen LogP contribution >= 0.6 is 0 Å². The Kier molecular flexibility index (Phi) is 4.49. The van der Waals surface area contributed by atoms with Gasteiger partial charge in [-0.2, -0.15) is 5.10 Å². The summed E-state index contributed by atoms with van der Waals surface area (Å²) in [4.78, 5) is 20.0. The molecule has 0 spiro atoms. The fourth-order valence-corrected chi connectivity index (χ4v) is 2.83. The van der Waals surface area contributed by atoms with E-state index in [-0.39, 0.29) is 5.91 Å². The first-order chi connectivity index (χ1) is 13.2. The number of carbonyl (C=O) groups is 1. The Hall–Kier alpha value is -3.74. The SMILES string of the molecule is CC(=O)Nc1cccc(-c2cnn3ccc(NCc4ccncc4)nc23)c1. The van der Waals surface area contributed by atoms with E-state index in [1.807, 2.05) is 48.7 Å². The van der Waals surface area contributed by atoms with Crippen LogP contribution in [0.3, 0.4) is 0 Å². The molecule has 0 atom stereocenters. The zero-order valence-electron chi connectivity index (χ0n) is 14.8. The minimum Gasteiger partial charge on any atom is -0.366 e. The van der Waals surface area contributed by atoms with Gasteiger partial charge in [-0.1, -0.05) is 12.1 Å². The van der Waals surface area contributed by atoms with Crippen molar-refractivity contribution in [3.8, 4) is 11.1 Å². The maximum absolute atomic E-state index is 11.3. The summed E-state index contributed by atoms with van der Waals surface area (Å²) in [5, 5.41) is 10.5. The molecule has 0 aliphatic carbocycles. The second-order valence-corrected chi connectivity index (χ2v) is 6.11. The van der Waals surface area contributed by atoms with Crippen molar-refractivity contribution in [3.05, 3.63) is 72.8 Å². The molecule has 134 valence electrons. The molecule has 4 rings (SSSR count). The molecule has 4 aromatic rings. The van der Waals surface area contributed by atoms with Gasteiger partial charge in [0.25, 0.3) is 0 Å². The number of pyridine rings is 1. The summed E-state index contributed by atoms with van der Waals surface area (Å²) in [6.07, 6.45) is 7.19. The van der Waals surface area contributed by atoms with Crippen LogP contribution in [0.1, 0.15) is 12.5 Å². The summed E-state index contributed by atoms with van der Waals surface area (Å²) in [5.74, 6) is 0.659. The minimum atomic E-state index is -0.104. The van der Waals surface area contributed by atoms with Crippen molar-refractivity contribution in [2.75, 3.05) is 10.6 Å². The van der Waals surface area contributed by atoms with E-state index in [0.29, 0.717) is 6.54 Å². The second-order valence-electron chi connectivity index (χ2n) is 6.11. The van der Waals surface area contributed by atoms with Gasteiger partial charge in [0.1, 0.15) is 5.82 Å². The number of nitrogens with one attached hydrogen (secondary N) is 2. The Morgan fingerprint density at radius 3 is 2.81 bits per heavy atom. The Balaban J connectivity index is 1.63. The molecule has 2 N–H and O–H groups in total. The molecule has 0 unspecified atom stereocenters. The Morgan fingerprint density at radius 1 is 1.15 bits per heavy atom.